The van der Waals surface area contributed by atoms with Crippen molar-refractivity contribution in [2.75, 3.05) is 5.73 Å². The molecule has 3 heteroatoms. The molecule has 1 aromatic carbocycles. The first-order chi connectivity index (χ1) is 6.86. The summed E-state index contributed by atoms with van der Waals surface area (Å²) in [4.78, 5) is 0. The van der Waals surface area contributed by atoms with Crippen LogP contribution in [0.3, 0.4) is 0 Å². The van der Waals surface area contributed by atoms with Crippen LogP contribution in [0.1, 0.15) is 13.8 Å². The monoisotopic (exact) mass is 189 g/mol. The van der Waals surface area contributed by atoms with E-state index in [1.807, 2.05) is 50.4 Å². The molecule has 0 aliphatic rings. The van der Waals surface area contributed by atoms with E-state index in [9.17, 15) is 0 Å². The van der Waals surface area contributed by atoms with Gasteiger partial charge in [-0.15, -0.1) is 0 Å². The molecule has 14 heavy (non-hydrogen) atoms. The van der Waals surface area contributed by atoms with Crippen molar-refractivity contribution in [2.24, 2.45) is 0 Å². The van der Waals surface area contributed by atoms with E-state index >= 15 is 0 Å². The SMILES string of the molecule is CC.Nc1ccn(-c2ccccc2)n1. The van der Waals surface area contributed by atoms with E-state index in [2.05, 4.69) is 5.10 Å². The van der Waals surface area contributed by atoms with Crippen LogP contribution < -0.4 is 5.73 Å². The van der Waals surface area contributed by atoms with Gasteiger partial charge in [0.15, 0.2) is 0 Å². The second kappa shape index (κ2) is 5.07. The summed E-state index contributed by atoms with van der Waals surface area (Å²) in [6, 6.07) is 11.6. The molecule has 0 unspecified atom stereocenters. The van der Waals surface area contributed by atoms with Crippen LogP contribution in [0.5, 0.6) is 0 Å². The van der Waals surface area contributed by atoms with Gasteiger partial charge >= 0.3 is 0 Å². The first-order valence-electron chi connectivity index (χ1n) is 4.73. The number of nitrogens with zero attached hydrogens (tertiary/aromatic N) is 2. The van der Waals surface area contributed by atoms with Crippen LogP contribution in [0.2, 0.25) is 0 Å². The molecule has 0 aliphatic heterocycles. The topological polar surface area (TPSA) is 43.8 Å². The van der Waals surface area contributed by atoms with Crippen molar-refractivity contribution in [1.82, 2.24) is 9.78 Å². The molecule has 0 amide bonds. The predicted octanol–water partition coefficient (Wildman–Crippen LogP) is 2.48. The minimum atomic E-state index is 0.541. The molecular weight excluding hydrogens is 174 g/mol. The summed E-state index contributed by atoms with van der Waals surface area (Å²) in [5.41, 5.74) is 6.51. The number of hydrogen-bond donors (Lipinski definition) is 1. The Hall–Kier alpha value is -1.77. The molecule has 0 fully saturated rings. The molecule has 0 saturated carbocycles. The Bertz CT molecular complexity index is 365. The van der Waals surface area contributed by atoms with Crippen LogP contribution in [0.15, 0.2) is 42.6 Å². The Labute approximate surface area is 84.2 Å². The summed E-state index contributed by atoms with van der Waals surface area (Å²) in [6.07, 6.45) is 1.84. The third kappa shape index (κ3) is 2.36. The number of hydrogen-bond acceptors (Lipinski definition) is 2. The van der Waals surface area contributed by atoms with E-state index in [-0.39, 0.29) is 0 Å². The van der Waals surface area contributed by atoms with Gasteiger partial charge in [-0.3, -0.25) is 0 Å². The lowest BCUT2D eigenvalue weighted by Crippen LogP contribution is -1.95. The van der Waals surface area contributed by atoms with Crippen LogP contribution in [-0.4, -0.2) is 9.78 Å². The van der Waals surface area contributed by atoms with Gasteiger partial charge in [0.25, 0.3) is 0 Å². The van der Waals surface area contributed by atoms with Crippen molar-refractivity contribution >= 4 is 5.82 Å². The van der Waals surface area contributed by atoms with E-state index in [4.69, 9.17) is 5.73 Å². The summed E-state index contributed by atoms with van der Waals surface area (Å²) in [7, 11) is 0. The highest BCUT2D eigenvalue weighted by atomic mass is 15.3. The average Bonchev–Trinajstić information content (AvgIpc) is 2.69. The standard InChI is InChI=1S/C9H9N3.C2H6/c10-9-6-7-12(11-9)8-4-2-1-3-5-8;1-2/h1-7H,(H2,10,11);1-2H3. The van der Waals surface area contributed by atoms with Crippen LogP contribution >= 0.6 is 0 Å². The first kappa shape index (κ1) is 10.3. The summed E-state index contributed by atoms with van der Waals surface area (Å²) in [6.45, 7) is 4.00. The molecule has 74 valence electrons. The molecule has 0 spiro atoms. The Kier molecular flexibility index (Phi) is 3.73. The third-order valence-electron chi connectivity index (χ3n) is 1.63. The highest BCUT2D eigenvalue weighted by molar-refractivity contribution is 5.34. The molecule has 2 aromatic rings. The number of para-hydroxylation sites is 1. The normalized spacial score (nSPS) is 9.00. The number of benzene rings is 1. The molecule has 0 atom stereocenters. The number of anilines is 1. The number of nitrogens with two attached hydrogens (primary N) is 1. The van der Waals surface area contributed by atoms with Gasteiger partial charge in [0.2, 0.25) is 0 Å². The van der Waals surface area contributed by atoms with Gasteiger partial charge in [-0.05, 0) is 12.1 Å². The molecule has 3 nitrogen and oxygen atoms in total. The predicted molar refractivity (Wildman–Crippen MR) is 59.3 cm³/mol. The fourth-order valence-corrected chi connectivity index (χ4v) is 1.06. The lowest BCUT2D eigenvalue weighted by Gasteiger charge is -1.98. The van der Waals surface area contributed by atoms with Gasteiger partial charge in [0.1, 0.15) is 5.82 Å². The molecule has 1 aromatic heterocycles. The Balaban J connectivity index is 0.000000461. The molecule has 0 radical (unpaired) electrons. The van der Waals surface area contributed by atoms with Gasteiger partial charge in [0, 0.05) is 12.3 Å². The molecule has 0 aliphatic carbocycles. The zero-order valence-corrected chi connectivity index (χ0v) is 8.51. The second-order valence-corrected chi connectivity index (χ2v) is 2.52. The van der Waals surface area contributed by atoms with E-state index in [0.29, 0.717) is 5.82 Å². The lowest BCUT2D eigenvalue weighted by atomic mass is 10.3. The number of aromatic nitrogens is 2. The third-order valence-corrected chi connectivity index (χ3v) is 1.63. The highest BCUT2D eigenvalue weighted by Crippen LogP contribution is 2.06. The summed E-state index contributed by atoms with van der Waals surface area (Å²) in [5, 5.41) is 4.08. The van der Waals surface area contributed by atoms with E-state index in [0.717, 1.165) is 5.69 Å². The maximum atomic E-state index is 5.48. The van der Waals surface area contributed by atoms with Crippen LogP contribution in [0.4, 0.5) is 5.82 Å². The van der Waals surface area contributed by atoms with Crippen molar-refractivity contribution in [1.29, 1.82) is 0 Å². The molecule has 0 saturated heterocycles. The minimum absolute atomic E-state index is 0.541. The fourth-order valence-electron chi connectivity index (χ4n) is 1.06. The van der Waals surface area contributed by atoms with Crippen LogP contribution in [0.25, 0.3) is 5.69 Å². The zero-order valence-electron chi connectivity index (χ0n) is 8.51. The summed E-state index contributed by atoms with van der Waals surface area (Å²) < 4.78 is 1.75. The summed E-state index contributed by atoms with van der Waals surface area (Å²) >= 11 is 0. The number of nitrogen functional groups attached to an aromatic ring is 1. The average molecular weight is 189 g/mol. The fraction of sp³-hybridized carbons (Fsp3) is 0.182. The van der Waals surface area contributed by atoms with E-state index < -0.39 is 0 Å². The molecule has 2 N–H and O–H groups in total. The van der Waals surface area contributed by atoms with Gasteiger partial charge in [-0.25, -0.2) is 4.68 Å². The van der Waals surface area contributed by atoms with Crippen molar-refractivity contribution in [3.05, 3.63) is 42.6 Å². The van der Waals surface area contributed by atoms with Crippen molar-refractivity contribution in [3.63, 3.8) is 0 Å². The summed E-state index contributed by atoms with van der Waals surface area (Å²) in [5.74, 6) is 0.541. The quantitative estimate of drug-likeness (QED) is 0.749. The van der Waals surface area contributed by atoms with E-state index in [1.54, 1.807) is 10.7 Å². The van der Waals surface area contributed by atoms with Crippen molar-refractivity contribution in [3.8, 4) is 5.69 Å². The maximum absolute atomic E-state index is 5.48. The number of rotatable bonds is 1. The van der Waals surface area contributed by atoms with Crippen molar-refractivity contribution < 1.29 is 0 Å². The van der Waals surface area contributed by atoms with Gasteiger partial charge in [-0.1, -0.05) is 32.0 Å². The Morgan fingerprint density at radius 1 is 1.07 bits per heavy atom. The van der Waals surface area contributed by atoms with Gasteiger partial charge < -0.3 is 5.73 Å². The second-order valence-electron chi connectivity index (χ2n) is 2.52. The molecule has 0 bridgehead atoms. The zero-order chi connectivity index (χ0) is 10.4. The lowest BCUT2D eigenvalue weighted by molar-refractivity contribution is 0.886. The molecule has 2 rings (SSSR count). The van der Waals surface area contributed by atoms with Crippen molar-refractivity contribution in [2.45, 2.75) is 13.8 Å². The van der Waals surface area contributed by atoms with Gasteiger partial charge in [-0.2, -0.15) is 5.10 Å². The van der Waals surface area contributed by atoms with Crippen LogP contribution in [0, 0.1) is 0 Å². The minimum Gasteiger partial charge on any atom is -0.382 e. The molecular formula is C11H15N3. The Morgan fingerprint density at radius 2 is 1.71 bits per heavy atom. The maximum Gasteiger partial charge on any atom is 0.145 e. The largest absolute Gasteiger partial charge is 0.382 e. The first-order valence-corrected chi connectivity index (χ1v) is 4.73. The molecule has 1 heterocycles. The van der Waals surface area contributed by atoms with E-state index in [1.165, 1.54) is 0 Å². The smallest absolute Gasteiger partial charge is 0.145 e. The van der Waals surface area contributed by atoms with Crippen LogP contribution in [-0.2, 0) is 0 Å². The highest BCUT2D eigenvalue weighted by Gasteiger charge is 1.95. The van der Waals surface area contributed by atoms with Gasteiger partial charge in [0.05, 0.1) is 5.69 Å². The Morgan fingerprint density at radius 3 is 2.21 bits per heavy atom.